The predicted octanol–water partition coefficient (Wildman–Crippen LogP) is 2.33. The molecule has 3 nitrogen and oxygen atoms in total. The Hall–Kier alpha value is -0.580. The van der Waals surface area contributed by atoms with Crippen LogP contribution in [-0.2, 0) is 6.61 Å². The van der Waals surface area contributed by atoms with E-state index >= 15 is 0 Å². The predicted molar refractivity (Wildman–Crippen MR) is 78.9 cm³/mol. The van der Waals surface area contributed by atoms with Gasteiger partial charge in [0.05, 0.1) is 6.61 Å². The highest BCUT2D eigenvalue weighted by Crippen LogP contribution is 2.26. The van der Waals surface area contributed by atoms with Gasteiger partial charge in [-0.1, -0.05) is 15.9 Å². The first-order valence-corrected chi connectivity index (χ1v) is 7.18. The van der Waals surface area contributed by atoms with E-state index < -0.39 is 0 Å². The number of likely N-dealkylation sites (tertiary alicyclic amines) is 1. The summed E-state index contributed by atoms with van der Waals surface area (Å²) in [5.74, 6) is 0.732. The van der Waals surface area contributed by atoms with E-state index in [1.807, 2.05) is 12.1 Å². The van der Waals surface area contributed by atoms with Crippen molar-refractivity contribution in [3.8, 4) is 0 Å². The molecule has 0 aromatic heterocycles. The highest BCUT2D eigenvalue weighted by molar-refractivity contribution is 9.10. The fraction of sp³-hybridized carbons (Fsp3) is 0.571. The number of anilines is 1. The number of benzene rings is 1. The maximum atomic E-state index is 9.44. The number of halogens is 1. The minimum Gasteiger partial charge on any atom is -0.392 e. The van der Waals surface area contributed by atoms with E-state index in [0.29, 0.717) is 0 Å². The van der Waals surface area contributed by atoms with E-state index in [2.05, 4.69) is 45.9 Å². The van der Waals surface area contributed by atoms with E-state index in [0.717, 1.165) is 28.2 Å². The molecule has 1 aromatic carbocycles. The monoisotopic (exact) mass is 312 g/mol. The second-order valence-corrected chi connectivity index (χ2v) is 6.14. The Kier molecular flexibility index (Phi) is 4.65. The Labute approximate surface area is 118 Å². The van der Waals surface area contributed by atoms with Gasteiger partial charge in [-0.05, 0) is 44.1 Å². The number of aliphatic hydroxyl groups is 1. The van der Waals surface area contributed by atoms with Gasteiger partial charge in [0.15, 0.2) is 0 Å². The molecule has 18 heavy (non-hydrogen) atoms. The highest BCUT2D eigenvalue weighted by Gasteiger charge is 2.21. The van der Waals surface area contributed by atoms with E-state index in [9.17, 15) is 5.11 Å². The summed E-state index contributed by atoms with van der Waals surface area (Å²) in [6.45, 7) is 3.52. The lowest BCUT2D eigenvalue weighted by Crippen LogP contribution is -2.27. The standard InChI is InChI=1S/C14H21BrN2O/c1-16-6-5-11(8-16)9-17(2)14-4-3-13(15)7-12(14)10-18/h3-4,7,11,18H,5-6,8-10H2,1-2H3. The Bertz CT molecular complexity index is 411. The Morgan fingerprint density at radius 3 is 2.89 bits per heavy atom. The zero-order chi connectivity index (χ0) is 13.1. The Morgan fingerprint density at radius 1 is 1.50 bits per heavy atom. The van der Waals surface area contributed by atoms with E-state index in [1.54, 1.807) is 0 Å². The molecule has 0 amide bonds. The molecular formula is C14H21BrN2O. The van der Waals surface area contributed by atoms with Crippen molar-refractivity contribution < 1.29 is 5.11 Å². The molecule has 1 N–H and O–H groups in total. The van der Waals surface area contributed by atoms with Gasteiger partial charge >= 0.3 is 0 Å². The first-order valence-electron chi connectivity index (χ1n) is 6.39. The van der Waals surface area contributed by atoms with Crippen molar-refractivity contribution in [2.45, 2.75) is 13.0 Å². The largest absolute Gasteiger partial charge is 0.392 e. The fourth-order valence-corrected chi connectivity index (χ4v) is 3.12. The first kappa shape index (κ1) is 13.8. The van der Waals surface area contributed by atoms with Crippen LogP contribution in [0.5, 0.6) is 0 Å². The molecule has 0 aliphatic carbocycles. The summed E-state index contributed by atoms with van der Waals surface area (Å²) >= 11 is 3.45. The van der Waals surface area contributed by atoms with Crippen molar-refractivity contribution in [2.24, 2.45) is 5.92 Å². The molecule has 1 heterocycles. The smallest absolute Gasteiger partial charge is 0.0702 e. The minimum absolute atomic E-state index is 0.0870. The molecule has 0 saturated carbocycles. The van der Waals surface area contributed by atoms with Crippen LogP contribution < -0.4 is 4.90 Å². The summed E-state index contributed by atoms with van der Waals surface area (Å²) in [5, 5.41) is 9.44. The van der Waals surface area contributed by atoms with E-state index in [-0.39, 0.29) is 6.61 Å². The van der Waals surface area contributed by atoms with Crippen molar-refractivity contribution in [3.05, 3.63) is 28.2 Å². The topological polar surface area (TPSA) is 26.7 Å². The zero-order valence-corrected chi connectivity index (χ0v) is 12.7. The van der Waals surface area contributed by atoms with Gasteiger partial charge in [-0.3, -0.25) is 0 Å². The van der Waals surface area contributed by atoms with Crippen LogP contribution in [0.2, 0.25) is 0 Å². The minimum atomic E-state index is 0.0870. The molecule has 100 valence electrons. The first-order chi connectivity index (χ1) is 8.60. The van der Waals surface area contributed by atoms with E-state index in [4.69, 9.17) is 0 Å². The quantitative estimate of drug-likeness (QED) is 0.924. The second-order valence-electron chi connectivity index (χ2n) is 5.23. The normalized spacial score (nSPS) is 20.3. The van der Waals surface area contributed by atoms with Gasteiger partial charge in [-0.2, -0.15) is 0 Å². The van der Waals surface area contributed by atoms with E-state index in [1.165, 1.54) is 19.5 Å². The van der Waals surface area contributed by atoms with Gasteiger partial charge in [-0.15, -0.1) is 0 Å². The molecule has 1 saturated heterocycles. The van der Waals surface area contributed by atoms with Gasteiger partial charge in [0.2, 0.25) is 0 Å². The van der Waals surface area contributed by atoms with Crippen LogP contribution in [0.4, 0.5) is 5.69 Å². The number of hydrogen-bond donors (Lipinski definition) is 1. The highest BCUT2D eigenvalue weighted by atomic mass is 79.9. The Balaban J connectivity index is 2.06. The average Bonchev–Trinajstić information content (AvgIpc) is 2.74. The van der Waals surface area contributed by atoms with Crippen molar-refractivity contribution >= 4 is 21.6 Å². The molecule has 1 unspecified atom stereocenters. The lowest BCUT2D eigenvalue weighted by atomic mass is 10.1. The van der Waals surface area contributed by atoms with Crippen molar-refractivity contribution in [1.82, 2.24) is 4.90 Å². The van der Waals surface area contributed by atoms with Crippen LogP contribution in [0, 0.1) is 5.92 Å². The summed E-state index contributed by atoms with van der Waals surface area (Å²) in [7, 11) is 4.29. The van der Waals surface area contributed by atoms with Crippen LogP contribution in [0.15, 0.2) is 22.7 Å². The van der Waals surface area contributed by atoms with Gasteiger partial charge < -0.3 is 14.9 Å². The number of rotatable bonds is 4. The van der Waals surface area contributed by atoms with Gasteiger partial charge in [0.25, 0.3) is 0 Å². The summed E-state index contributed by atoms with van der Waals surface area (Å²) in [4.78, 5) is 4.65. The molecular weight excluding hydrogens is 292 g/mol. The third-order valence-electron chi connectivity index (χ3n) is 3.64. The summed E-state index contributed by atoms with van der Waals surface area (Å²) < 4.78 is 1.02. The summed E-state index contributed by atoms with van der Waals surface area (Å²) in [6, 6.07) is 6.10. The molecule has 0 radical (unpaired) electrons. The third-order valence-corrected chi connectivity index (χ3v) is 4.14. The van der Waals surface area contributed by atoms with Crippen molar-refractivity contribution in [2.75, 3.05) is 38.6 Å². The van der Waals surface area contributed by atoms with Crippen LogP contribution >= 0.6 is 15.9 Å². The van der Waals surface area contributed by atoms with Crippen molar-refractivity contribution in [1.29, 1.82) is 0 Å². The molecule has 4 heteroatoms. The SMILES string of the molecule is CN1CCC(CN(C)c2ccc(Br)cc2CO)C1. The molecule has 1 aromatic rings. The Morgan fingerprint density at radius 2 is 2.28 bits per heavy atom. The molecule has 1 atom stereocenters. The number of nitrogens with zero attached hydrogens (tertiary/aromatic N) is 2. The van der Waals surface area contributed by atoms with Crippen molar-refractivity contribution in [3.63, 3.8) is 0 Å². The van der Waals surface area contributed by atoms with Crippen LogP contribution in [-0.4, -0.2) is 43.7 Å². The molecule has 0 bridgehead atoms. The molecule has 1 fully saturated rings. The zero-order valence-electron chi connectivity index (χ0n) is 11.1. The molecule has 2 rings (SSSR count). The third kappa shape index (κ3) is 3.25. The number of aliphatic hydroxyl groups excluding tert-OH is 1. The molecule has 1 aliphatic rings. The van der Waals surface area contributed by atoms with Gasteiger partial charge in [0, 0.05) is 35.9 Å². The van der Waals surface area contributed by atoms with Gasteiger partial charge in [0.1, 0.15) is 0 Å². The number of hydrogen-bond acceptors (Lipinski definition) is 3. The summed E-state index contributed by atoms with van der Waals surface area (Å²) in [5.41, 5.74) is 2.12. The second kappa shape index (κ2) is 6.04. The van der Waals surface area contributed by atoms with Crippen LogP contribution in [0.25, 0.3) is 0 Å². The molecule has 1 aliphatic heterocycles. The molecule has 0 spiro atoms. The maximum absolute atomic E-state index is 9.44. The van der Waals surface area contributed by atoms with Crippen LogP contribution in [0.3, 0.4) is 0 Å². The lowest BCUT2D eigenvalue weighted by Gasteiger charge is -2.25. The van der Waals surface area contributed by atoms with Crippen LogP contribution in [0.1, 0.15) is 12.0 Å². The fourth-order valence-electron chi connectivity index (χ4n) is 2.71. The summed E-state index contributed by atoms with van der Waals surface area (Å²) in [6.07, 6.45) is 1.27. The van der Waals surface area contributed by atoms with Gasteiger partial charge in [-0.25, -0.2) is 0 Å². The maximum Gasteiger partial charge on any atom is 0.0702 e. The lowest BCUT2D eigenvalue weighted by molar-refractivity contribution is 0.282. The average molecular weight is 313 g/mol.